The highest BCUT2D eigenvalue weighted by atomic mass is 19.1. The number of ether oxygens (including phenoxy) is 1. The number of fused-ring (bicyclic) bond motifs is 1. The summed E-state index contributed by atoms with van der Waals surface area (Å²) in [6.45, 7) is 1.56. The molecular weight excluding hydrogens is 275 g/mol. The summed E-state index contributed by atoms with van der Waals surface area (Å²) in [5.74, 6) is -0.811. The summed E-state index contributed by atoms with van der Waals surface area (Å²) in [4.78, 5) is 11.6. The SMILES string of the molecule is C[C@@H]1Oc2c(cc(F)c(-c3ccnn3C)c2C#N)NC1=O. The number of nitrogens with zero attached hydrogens (tertiary/aromatic N) is 3. The number of carbonyl (C=O) groups is 1. The molecule has 0 radical (unpaired) electrons. The number of hydrogen-bond donors (Lipinski definition) is 1. The summed E-state index contributed by atoms with van der Waals surface area (Å²) in [6, 6.07) is 4.72. The molecule has 1 aliphatic rings. The maximum Gasteiger partial charge on any atom is 0.265 e. The van der Waals surface area contributed by atoms with Crippen molar-refractivity contribution >= 4 is 11.6 Å². The van der Waals surface area contributed by atoms with Gasteiger partial charge in [-0.1, -0.05) is 0 Å². The lowest BCUT2D eigenvalue weighted by molar-refractivity contribution is -0.122. The highest BCUT2D eigenvalue weighted by Crippen LogP contribution is 2.40. The predicted molar refractivity (Wildman–Crippen MR) is 72.0 cm³/mol. The molecule has 106 valence electrons. The van der Waals surface area contributed by atoms with E-state index >= 15 is 0 Å². The Hall–Kier alpha value is -2.88. The van der Waals surface area contributed by atoms with Crippen LogP contribution in [0.1, 0.15) is 12.5 Å². The molecule has 1 amide bonds. The van der Waals surface area contributed by atoms with Gasteiger partial charge < -0.3 is 10.1 Å². The van der Waals surface area contributed by atoms with E-state index in [0.29, 0.717) is 5.69 Å². The summed E-state index contributed by atoms with van der Waals surface area (Å²) < 4.78 is 21.3. The molecule has 0 spiro atoms. The lowest BCUT2D eigenvalue weighted by atomic mass is 10.0. The van der Waals surface area contributed by atoms with Gasteiger partial charge in [-0.2, -0.15) is 10.4 Å². The van der Waals surface area contributed by atoms with Crippen LogP contribution in [0.3, 0.4) is 0 Å². The molecule has 1 aromatic heterocycles. The van der Waals surface area contributed by atoms with E-state index in [4.69, 9.17) is 4.74 Å². The zero-order valence-corrected chi connectivity index (χ0v) is 11.3. The Morgan fingerprint density at radius 3 is 2.95 bits per heavy atom. The molecule has 0 bridgehead atoms. The van der Waals surface area contributed by atoms with Gasteiger partial charge in [0.25, 0.3) is 5.91 Å². The molecule has 0 aliphatic carbocycles. The first-order valence-electron chi connectivity index (χ1n) is 6.25. The fourth-order valence-electron chi connectivity index (χ4n) is 2.29. The zero-order chi connectivity index (χ0) is 15.1. The van der Waals surface area contributed by atoms with Crippen LogP contribution >= 0.6 is 0 Å². The topological polar surface area (TPSA) is 79.9 Å². The number of amides is 1. The maximum atomic E-state index is 14.4. The fourth-order valence-corrected chi connectivity index (χ4v) is 2.29. The number of aromatic nitrogens is 2. The number of aryl methyl sites for hydroxylation is 1. The van der Waals surface area contributed by atoms with Gasteiger partial charge >= 0.3 is 0 Å². The highest BCUT2D eigenvalue weighted by molar-refractivity contribution is 5.99. The number of anilines is 1. The molecule has 21 heavy (non-hydrogen) atoms. The zero-order valence-electron chi connectivity index (χ0n) is 11.3. The van der Waals surface area contributed by atoms with Crippen molar-refractivity contribution in [2.45, 2.75) is 13.0 Å². The first-order chi connectivity index (χ1) is 10.0. The Kier molecular flexibility index (Phi) is 2.87. The molecule has 2 heterocycles. The van der Waals surface area contributed by atoms with E-state index in [-0.39, 0.29) is 28.5 Å². The van der Waals surface area contributed by atoms with Gasteiger partial charge in [0.2, 0.25) is 0 Å². The molecule has 0 unspecified atom stereocenters. The minimum atomic E-state index is -0.741. The normalized spacial score (nSPS) is 16.7. The minimum Gasteiger partial charge on any atom is -0.477 e. The van der Waals surface area contributed by atoms with Gasteiger partial charge in [0.15, 0.2) is 11.9 Å². The van der Waals surface area contributed by atoms with Crippen LogP contribution < -0.4 is 10.1 Å². The second-order valence-electron chi connectivity index (χ2n) is 4.69. The molecule has 1 aliphatic heterocycles. The number of nitriles is 1. The molecule has 0 fully saturated rings. The van der Waals surface area contributed by atoms with Crippen molar-refractivity contribution < 1.29 is 13.9 Å². The Morgan fingerprint density at radius 2 is 2.33 bits per heavy atom. The minimum absolute atomic E-state index is 0.0421. The number of nitrogens with one attached hydrogen (secondary N) is 1. The molecule has 6 nitrogen and oxygen atoms in total. The lowest BCUT2D eigenvalue weighted by Gasteiger charge is -2.25. The van der Waals surface area contributed by atoms with Crippen LogP contribution in [-0.4, -0.2) is 21.8 Å². The Bertz CT molecular complexity index is 791. The number of carbonyl (C=O) groups excluding carboxylic acids is 1. The number of benzene rings is 1. The van der Waals surface area contributed by atoms with E-state index in [1.807, 2.05) is 6.07 Å². The van der Waals surface area contributed by atoms with Gasteiger partial charge in [-0.3, -0.25) is 9.48 Å². The van der Waals surface area contributed by atoms with E-state index in [9.17, 15) is 14.4 Å². The molecule has 1 N–H and O–H groups in total. The Morgan fingerprint density at radius 1 is 1.57 bits per heavy atom. The molecule has 1 aromatic carbocycles. The summed E-state index contributed by atoms with van der Waals surface area (Å²) in [7, 11) is 1.65. The number of halogens is 1. The molecule has 0 saturated carbocycles. The Balaban J connectivity index is 2.29. The fraction of sp³-hybridized carbons (Fsp3) is 0.214. The van der Waals surface area contributed by atoms with Crippen LogP contribution in [0, 0.1) is 17.1 Å². The first-order valence-corrected chi connectivity index (χ1v) is 6.25. The van der Waals surface area contributed by atoms with Crippen LogP contribution in [0.5, 0.6) is 5.75 Å². The van der Waals surface area contributed by atoms with Crippen molar-refractivity contribution in [3.63, 3.8) is 0 Å². The van der Waals surface area contributed by atoms with Crippen molar-refractivity contribution in [2.75, 3.05) is 5.32 Å². The van der Waals surface area contributed by atoms with E-state index in [0.717, 1.165) is 6.07 Å². The van der Waals surface area contributed by atoms with Gasteiger partial charge in [0.1, 0.15) is 17.4 Å². The molecule has 0 saturated heterocycles. The smallest absolute Gasteiger partial charge is 0.265 e. The largest absolute Gasteiger partial charge is 0.477 e. The molecule has 7 heteroatoms. The summed E-state index contributed by atoms with van der Waals surface area (Å²) in [5, 5.41) is 15.9. The van der Waals surface area contributed by atoms with Crippen LogP contribution in [0.4, 0.5) is 10.1 Å². The van der Waals surface area contributed by atoms with Crippen LogP contribution in [0.25, 0.3) is 11.3 Å². The maximum absolute atomic E-state index is 14.4. The van der Waals surface area contributed by atoms with Gasteiger partial charge in [0, 0.05) is 19.3 Å². The van der Waals surface area contributed by atoms with Gasteiger partial charge in [0.05, 0.1) is 16.9 Å². The predicted octanol–water partition coefficient (Wildman–Crippen LogP) is 1.82. The second-order valence-corrected chi connectivity index (χ2v) is 4.69. The number of hydrogen-bond acceptors (Lipinski definition) is 4. The van der Waals surface area contributed by atoms with E-state index in [1.165, 1.54) is 10.9 Å². The quantitative estimate of drug-likeness (QED) is 0.867. The van der Waals surface area contributed by atoms with Crippen molar-refractivity contribution in [2.24, 2.45) is 7.05 Å². The molecular formula is C14H11FN4O2. The van der Waals surface area contributed by atoms with Crippen LogP contribution in [0.15, 0.2) is 18.3 Å². The summed E-state index contributed by atoms with van der Waals surface area (Å²) in [5.41, 5.74) is 0.776. The van der Waals surface area contributed by atoms with Crippen molar-refractivity contribution in [3.8, 4) is 23.1 Å². The third kappa shape index (κ3) is 1.92. The van der Waals surface area contributed by atoms with E-state index in [1.54, 1.807) is 20.0 Å². The monoisotopic (exact) mass is 286 g/mol. The van der Waals surface area contributed by atoms with E-state index < -0.39 is 11.9 Å². The summed E-state index contributed by atoms with van der Waals surface area (Å²) in [6.07, 6.45) is 0.773. The lowest BCUT2D eigenvalue weighted by Crippen LogP contribution is -2.35. The molecule has 2 aromatic rings. The molecule has 3 rings (SSSR count). The van der Waals surface area contributed by atoms with Crippen LogP contribution in [0.2, 0.25) is 0 Å². The third-order valence-electron chi connectivity index (χ3n) is 3.34. The second kappa shape index (κ2) is 4.59. The van der Waals surface area contributed by atoms with Gasteiger partial charge in [-0.15, -0.1) is 0 Å². The summed E-state index contributed by atoms with van der Waals surface area (Å²) >= 11 is 0. The van der Waals surface area contributed by atoms with Crippen molar-refractivity contribution in [1.29, 1.82) is 5.26 Å². The molecule has 1 atom stereocenters. The standard InChI is InChI=1S/C14H11FN4O2/c1-7-14(20)18-10-5-9(15)12(8(6-16)13(10)21-7)11-3-4-17-19(11)2/h3-5,7H,1-2H3,(H,18,20)/t7-/m0/s1. The van der Waals surface area contributed by atoms with Crippen molar-refractivity contribution in [3.05, 3.63) is 29.7 Å². The van der Waals surface area contributed by atoms with Crippen molar-refractivity contribution in [1.82, 2.24) is 9.78 Å². The van der Waals surface area contributed by atoms with Gasteiger partial charge in [-0.05, 0) is 13.0 Å². The third-order valence-corrected chi connectivity index (χ3v) is 3.34. The highest BCUT2D eigenvalue weighted by Gasteiger charge is 2.30. The first kappa shape index (κ1) is 13.1. The average Bonchev–Trinajstić information content (AvgIpc) is 2.85. The average molecular weight is 286 g/mol. The number of rotatable bonds is 1. The Labute approximate surface area is 119 Å². The van der Waals surface area contributed by atoms with Gasteiger partial charge in [-0.25, -0.2) is 4.39 Å². The van der Waals surface area contributed by atoms with Crippen LogP contribution in [-0.2, 0) is 11.8 Å². The van der Waals surface area contributed by atoms with E-state index in [2.05, 4.69) is 10.4 Å².